The Hall–Kier alpha value is -2.50. The third kappa shape index (κ3) is 3.34. The molecule has 0 unspecified atom stereocenters. The van der Waals surface area contributed by atoms with E-state index in [4.69, 9.17) is 0 Å². The Balaban J connectivity index is 1.45. The van der Waals surface area contributed by atoms with Crippen molar-refractivity contribution in [2.75, 3.05) is 13.1 Å². The third-order valence-electron chi connectivity index (χ3n) is 4.82. The number of β-amino-alcohol motifs (C(OH)–C–C–N with tert-alkyl or cyclic N) is 1. The fourth-order valence-corrected chi connectivity index (χ4v) is 3.52. The predicted octanol–water partition coefficient (Wildman–Crippen LogP) is 1.82. The van der Waals surface area contributed by atoms with E-state index < -0.39 is 6.10 Å². The van der Waals surface area contributed by atoms with Crippen molar-refractivity contribution in [3.63, 3.8) is 0 Å². The van der Waals surface area contributed by atoms with E-state index in [-0.39, 0.29) is 12.1 Å². The number of nitrogens with zero attached hydrogens (tertiary/aromatic N) is 3. The maximum Gasteiger partial charge on any atom is 0.274 e. The lowest BCUT2D eigenvalue weighted by atomic mass is 10.00. The van der Waals surface area contributed by atoms with Crippen molar-refractivity contribution in [2.45, 2.75) is 25.6 Å². The number of fused-ring (bicyclic) bond motifs is 2. The molecule has 1 aliphatic heterocycles. The highest BCUT2D eigenvalue weighted by Crippen LogP contribution is 2.18. The minimum Gasteiger partial charge on any atom is -0.390 e. The fourth-order valence-electron chi connectivity index (χ4n) is 3.52. The van der Waals surface area contributed by atoms with Crippen LogP contribution in [-0.4, -0.2) is 39.0 Å². The molecular weight excluding hydrogens is 314 g/mol. The van der Waals surface area contributed by atoms with Crippen molar-refractivity contribution in [3.05, 3.63) is 76.2 Å². The molecule has 0 amide bonds. The molecule has 4 rings (SSSR count). The largest absolute Gasteiger partial charge is 0.390 e. The molecule has 3 aromatic rings. The van der Waals surface area contributed by atoms with Crippen LogP contribution >= 0.6 is 0 Å². The maximum atomic E-state index is 12.5. The van der Waals surface area contributed by atoms with Gasteiger partial charge in [0.05, 0.1) is 24.2 Å². The zero-order valence-electron chi connectivity index (χ0n) is 14.0. The molecule has 2 heterocycles. The van der Waals surface area contributed by atoms with Crippen LogP contribution in [0.5, 0.6) is 0 Å². The molecule has 5 nitrogen and oxygen atoms in total. The minimum atomic E-state index is -0.628. The molecule has 0 spiro atoms. The van der Waals surface area contributed by atoms with Crippen molar-refractivity contribution in [1.82, 2.24) is 14.7 Å². The van der Waals surface area contributed by atoms with Gasteiger partial charge in [-0.25, -0.2) is 4.68 Å². The average molecular weight is 335 g/mol. The summed E-state index contributed by atoms with van der Waals surface area (Å²) in [5, 5.41) is 16.1. The van der Waals surface area contributed by atoms with Crippen molar-refractivity contribution < 1.29 is 5.11 Å². The second kappa shape index (κ2) is 6.78. The Kier molecular flexibility index (Phi) is 4.34. The lowest BCUT2D eigenvalue weighted by Crippen LogP contribution is -2.40. The van der Waals surface area contributed by atoms with E-state index in [1.165, 1.54) is 15.8 Å². The number of hydrogen-bond acceptors (Lipinski definition) is 4. The first-order chi connectivity index (χ1) is 12.2. The second-order valence-corrected chi connectivity index (χ2v) is 6.63. The summed E-state index contributed by atoms with van der Waals surface area (Å²) in [6.07, 6.45) is 2.05. The summed E-state index contributed by atoms with van der Waals surface area (Å²) >= 11 is 0. The van der Waals surface area contributed by atoms with Crippen LogP contribution in [0.15, 0.2) is 59.5 Å². The summed E-state index contributed by atoms with van der Waals surface area (Å²) in [5.41, 5.74) is 2.56. The topological polar surface area (TPSA) is 58.4 Å². The van der Waals surface area contributed by atoms with Gasteiger partial charge in [-0.3, -0.25) is 9.69 Å². The molecule has 1 aromatic heterocycles. The van der Waals surface area contributed by atoms with Crippen LogP contribution in [0, 0.1) is 0 Å². The molecule has 25 heavy (non-hydrogen) atoms. The fraction of sp³-hybridized carbons (Fsp3) is 0.300. The van der Waals surface area contributed by atoms with Gasteiger partial charge in [-0.1, -0.05) is 42.5 Å². The molecule has 0 radical (unpaired) electrons. The Labute approximate surface area is 146 Å². The molecule has 1 atom stereocenters. The van der Waals surface area contributed by atoms with Gasteiger partial charge in [0.2, 0.25) is 0 Å². The van der Waals surface area contributed by atoms with E-state index in [1.54, 1.807) is 12.3 Å². The van der Waals surface area contributed by atoms with Crippen molar-refractivity contribution >= 4 is 10.8 Å². The van der Waals surface area contributed by atoms with E-state index in [0.717, 1.165) is 24.9 Å². The predicted molar refractivity (Wildman–Crippen MR) is 97.4 cm³/mol. The molecule has 1 aliphatic rings. The average Bonchev–Trinajstić information content (AvgIpc) is 2.64. The molecular formula is C20H21N3O2. The number of benzene rings is 2. The summed E-state index contributed by atoms with van der Waals surface area (Å²) in [5.74, 6) is 0. The van der Waals surface area contributed by atoms with Crippen molar-refractivity contribution in [2.24, 2.45) is 0 Å². The third-order valence-corrected chi connectivity index (χ3v) is 4.82. The van der Waals surface area contributed by atoms with Crippen LogP contribution in [0.1, 0.15) is 11.1 Å². The number of aromatic nitrogens is 2. The van der Waals surface area contributed by atoms with E-state index in [2.05, 4.69) is 34.3 Å². The van der Waals surface area contributed by atoms with Gasteiger partial charge in [0.15, 0.2) is 0 Å². The van der Waals surface area contributed by atoms with Gasteiger partial charge in [-0.2, -0.15) is 5.10 Å². The first-order valence-corrected chi connectivity index (χ1v) is 8.63. The molecule has 0 bridgehead atoms. The number of hydrogen-bond donors (Lipinski definition) is 1. The lowest BCUT2D eigenvalue weighted by Gasteiger charge is -2.30. The Morgan fingerprint density at radius 2 is 1.80 bits per heavy atom. The van der Waals surface area contributed by atoms with Gasteiger partial charge < -0.3 is 5.11 Å². The van der Waals surface area contributed by atoms with Crippen LogP contribution in [-0.2, 0) is 19.5 Å². The van der Waals surface area contributed by atoms with Gasteiger partial charge in [-0.15, -0.1) is 0 Å². The Morgan fingerprint density at radius 3 is 2.68 bits per heavy atom. The zero-order valence-corrected chi connectivity index (χ0v) is 14.0. The molecule has 1 N–H and O–H groups in total. The first kappa shape index (κ1) is 16.0. The van der Waals surface area contributed by atoms with Crippen LogP contribution in [0.25, 0.3) is 10.8 Å². The van der Waals surface area contributed by atoms with Gasteiger partial charge in [-0.05, 0) is 23.6 Å². The summed E-state index contributed by atoms with van der Waals surface area (Å²) in [7, 11) is 0. The van der Waals surface area contributed by atoms with E-state index >= 15 is 0 Å². The first-order valence-electron chi connectivity index (χ1n) is 8.63. The second-order valence-electron chi connectivity index (χ2n) is 6.63. The highest BCUT2D eigenvalue weighted by molar-refractivity contribution is 5.80. The number of aliphatic hydroxyl groups excluding tert-OH is 1. The van der Waals surface area contributed by atoms with Gasteiger partial charge in [0.25, 0.3) is 5.56 Å². The van der Waals surface area contributed by atoms with Gasteiger partial charge in [0, 0.05) is 25.0 Å². The van der Waals surface area contributed by atoms with Gasteiger partial charge >= 0.3 is 0 Å². The molecule has 0 aliphatic carbocycles. The standard InChI is InChI=1S/C20H21N3O2/c24-18(13-22-10-9-15-5-1-2-7-17(15)12-22)14-23-20(25)19-8-4-3-6-16(19)11-21-23/h1-8,11,18,24H,9-10,12-14H2/t18-/m0/s1. The van der Waals surface area contributed by atoms with Crippen LogP contribution in [0.3, 0.4) is 0 Å². The van der Waals surface area contributed by atoms with E-state index in [1.807, 2.05) is 18.2 Å². The monoisotopic (exact) mass is 335 g/mol. The number of rotatable bonds is 4. The molecule has 2 aromatic carbocycles. The number of aliphatic hydroxyl groups is 1. The highest BCUT2D eigenvalue weighted by Gasteiger charge is 2.19. The molecule has 0 saturated carbocycles. The summed E-state index contributed by atoms with van der Waals surface area (Å²) in [6, 6.07) is 15.8. The lowest BCUT2D eigenvalue weighted by molar-refractivity contribution is 0.0878. The van der Waals surface area contributed by atoms with Gasteiger partial charge in [0.1, 0.15) is 0 Å². The smallest absolute Gasteiger partial charge is 0.274 e. The molecule has 0 fully saturated rings. The van der Waals surface area contributed by atoms with Crippen molar-refractivity contribution in [1.29, 1.82) is 0 Å². The van der Waals surface area contributed by atoms with Crippen molar-refractivity contribution in [3.8, 4) is 0 Å². The van der Waals surface area contributed by atoms with Crippen LogP contribution in [0.4, 0.5) is 0 Å². The summed E-state index contributed by atoms with van der Waals surface area (Å²) in [4.78, 5) is 14.7. The quantitative estimate of drug-likeness (QED) is 0.790. The normalized spacial score (nSPS) is 15.9. The van der Waals surface area contributed by atoms with Crippen LogP contribution in [0.2, 0.25) is 0 Å². The SMILES string of the molecule is O=c1c2ccccc2cnn1C[C@@H](O)CN1CCc2ccccc2C1. The minimum absolute atomic E-state index is 0.152. The summed E-state index contributed by atoms with van der Waals surface area (Å²) < 4.78 is 1.37. The maximum absolute atomic E-state index is 12.5. The molecule has 5 heteroatoms. The molecule has 0 saturated heterocycles. The Morgan fingerprint density at radius 1 is 1.04 bits per heavy atom. The zero-order chi connectivity index (χ0) is 17.2. The van der Waals surface area contributed by atoms with E-state index in [9.17, 15) is 9.90 Å². The van der Waals surface area contributed by atoms with E-state index in [0.29, 0.717) is 11.9 Å². The summed E-state index contributed by atoms with van der Waals surface area (Å²) in [6.45, 7) is 2.51. The highest BCUT2D eigenvalue weighted by atomic mass is 16.3. The van der Waals surface area contributed by atoms with Crippen LogP contribution < -0.4 is 5.56 Å². The molecule has 128 valence electrons. The Bertz CT molecular complexity index is 951.